The van der Waals surface area contributed by atoms with Gasteiger partial charge in [-0.1, -0.05) is 60.7 Å². The van der Waals surface area contributed by atoms with E-state index in [0.717, 1.165) is 110 Å². The first-order valence-electron chi connectivity index (χ1n) is 33.0. The van der Waals surface area contributed by atoms with Gasteiger partial charge in [-0.05, 0) is 126 Å². The summed E-state index contributed by atoms with van der Waals surface area (Å²) in [7, 11) is 6.14. The number of benzene rings is 2. The highest BCUT2D eigenvalue weighted by atomic mass is 16.6. The molecular formula is C68H105N11O11. The molecule has 2 aromatic rings. The monoisotopic (exact) mass is 1250 g/mol. The van der Waals surface area contributed by atoms with Crippen molar-refractivity contribution in [2.24, 2.45) is 5.73 Å². The van der Waals surface area contributed by atoms with E-state index in [1.165, 1.54) is 18.1 Å². The van der Waals surface area contributed by atoms with E-state index in [0.29, 0.717) is 89.6 Å². The lowest BCUT2D eigenvalue weighted by molar-refractivity contribution is -0.162. The van der Waals surface area contributed by atoms with Crippen molar-refractivity contribution in [3.05, 3.63) is 71.8 Å². The van der Waals surface area contributed by atoms with Crippen LogP contribution < -0.4 is 16.4 Å². The molecular weight excluding hydrogens is 1150 g/mol. The smallest absolute Gasteiger partial charge is 0.410 e. The molecule has 0 aromatic heterocycles. The zero-order valence-electron chi connectivity index (χ0n) is 55.6. The molecule has 0 bridgehead atoms. The summed E-state index contributed by atoms with van der Waals surface area (Å²) < 4.78 is 10.9. The molecule has 22 nitrogen and oxygen atoms in total. The van der Waals surface area contributed by atoms with Crippen LogP contribution in [0.4, 0.5) is 9.59 Å². The summed E-state index contributed by atoms with van der Waals surface area (Å²) in [6.07, 6.45) is 7.99. The largest absolute Gasteiger partial charge is 0.444 e. The minimum absolute atomic E-state index is 0.111. The molecule has 5 aliphatic carbocycles. The van der Waals surface area contributed by atoms with E-state index >= 15 is 0 Å². The lowest BCUT2D eigenvalue weighted by Gasteiger charge is -2.54. The predicted molar refractivity (Wildman–Crippen MR) is 343 cm³/mol. The van der Waals surface area contributed by atoms with Crippen molar-refractivity contribution in [3.8, 4) is 0 Å². The molecule has 5 N–H and O–H groups in total. The highest BCUT2D eigenvalue weighted by Crippen LogP contribution is 2.40. The first-order chi connectivity index (χ1) is 42.4. The second-order valence-corrected chi connectivity index (χ2v) is 29.0. The summed E-state index contributed by atoms with van der Waals surface area (Å²) in [6, 6.07) is 19.8. The van der Waals surface area contributed by atoms with Crippen LogP contribution in [-0.2, 0) is 51.3 Å². The molecule has 90 heavy (non-hydrogen) atoms. The van der Waals surface area contributed by atoms with Crippen LogP contribution in [0.25, 0.3) is 0 Å². The maximum atomic E-state index is 12.8. The summed E-state index contributed by atoms with van der Waals surface area (Å²) in [5.41, 5.74) is 5.15. The number of likely N-dealkylation sites (N-methyl/N-ethyl adjacent to an activating group) is 3. The van der Waals surface area contributed by atoms with E-state index in [-0.39, 0.29) is 46.5 Å². The standard InChI is InChI=1S/C20H28N2O3.C15H20N2O.C13H22N2O3.C12H21N3O3.C8H14N2O/c1-19(2,3)25-18(24)21-12-13-22(14-16-8-5-4-6-9-16)20(15-21)11-7-10-17(20)23;1-16-9-10-17(11-13-5-3-2-4-6-13)15(12-16)8-7-14(15)18;1-12(2,3)18-11(17)15-8-7-14-13(9-15)6-4-5-10(13)16;1-8(16)10(13)11(18)15-6-5-14(2)7-12(15)4-3-9(12)17;1-10-5-4-9-8(6-10)3-2-7(8)11/h4-6,8-9H,7,10-15H2,1-3H3;2-6H,7-12H2,1H3;14H,4-9H2,1-3H3;8,10,16H,3-7,13H2,1-2H3;9H,2-6H2,1H3/t;;;8-,10+,12?;/m...1./s1. The van der Waals surface area contributed by atoms with Gasteiger partial charge in [-0.3, -0.25) is 38.6 Å². The zero-order valence-corrected chi connectivity index (χ0v) is 55.6. The maximum Gasteiger partial charge on any atom is 0.410 e. The molecule has 5 unspecified atom stereocenters. The average molecular weight is 1250 g/mol. The second-order valence-electron chi connectivity index (χ2n) is 29.0. The van der Waals surface area contributed by atoms with Gasteiger partial charge in [0.2, 0.25) is 5.91 Å². The number of aliphatic hydroxyl groups excluding tert-OH is 1. The summed E-state index contributed by atoms with van der Waals surface area (Å²) in [4.78, 5) is 113. The first kappa shape index (κ1) is 70.3. The van der Waals surface area contributed by atoms with Crippen molar-refractivity contribution in [1.29, 1.82) is 0 Å². The molecule has 5 saturated carbocycles. The normalized spacial score (nSPS) is 29.8. The molecule has 5 saturated heterocycles. The van der Waals surface area contributed by atoms with Gasteiger partial charge in [0.05, 0.1) is 28.3 Å². The van der Waals surface area contributed by atoms with Gasteiger partial charge in [-0.2, -0.15) is 0 Å². The van der Waals surface area contributed by atoms with E-state index < -0.39 is 40.0 Å². The van der Waals surface area contributed by atoms with E-state index in [1.54, 1.807) is 14.7 Å². The Bertz CT molecular complexity index is 2870. The molecule has 10 aliphatic rings. The van der Waals surface area contributed by atoms with Crippen molar-refractivity contribution in [2.75, 3.05) is 119 Å². The SMILES string of the molecule is CC(C)(C)OC(=O)N1CCN(Cc2ccccc2)C2(CCCC2=O)C1.CC(C)(C)OC(=O)N1CCNC2(CCCC2=O)C1.CN1CCN(Cc2ccccc2)C2(CCC2=O)C1.CN1CCNC2(CCC2=O)C1.C[C@@H](O)[C@H](N)C(=O)N1CCN(C)CC12CCC2=O. The molecule has 2 aromatic carbocycles. The van der Waals surface area contributed by atoms with Crippen LogP contribution in [0, 0.1) is 0 Å². The molecule has 5 heterocycles. The number of carbonyl (C=O) groups excluding carboxylic acids is 8. The number of carbonyl (C=O) groups is 8. The Balaban J connectivity index is 0.000000148. The van der Waals surface area contributed by atoms with Gasteiger partial charge in [0.15, 0.2) is 28.9 Å². The van der Waals surface area contributed by atoms with Crippen molar-refractivity contribution >= 4 is 47.0 Å². The highest BCUT2D eigenvalue weighted by molar-refractivity contribution is 5.99. The molecule has 22 heteroatoms. The third-order valence-electron chi connectivity index (χ3n) is 19.9. The summed E-state index contributed by atoms with van der Waals surface area (Å²) in [5.74, 6) is 1.13. The Morgan fingerprint density at radius 1 is 0.511 bits per heavy atom. The number of hydrogen-bond acceptors (Lipinski definition) is 19. The number of Topliss-reactive ketones (excluding diaryl/α,β-unsaturated/α-hetero) is 5. The summed E-state index contributed by atoms with van der Waals surface area (Å²) in [5, 5.41) is 16.0. The van der Waals surface area contributed by atoms with Gasteiger partial charge < -0.3 is 60.3 Å². The quantitative estimate of drug-likeness (QED) is 0.315. The van der Waals surface area contributed by atoms with Crippen molar-refractivity contribution in [1.82, 2.24) is 49.8 Å². The molecule has 498 valence electrons. The lowest BCUT2D eigenvalue weighted by Crippen LogP contribution is -2.73. The Kier molecular flexibility index (Phi) is 22.8. The van der Waals surface area contributed by atoms with Gasteiger partial charge in [-0.15, -0.1) is 0 Å². The van der Waals surface area contributed by atoms with Crippen LogP contribution in [0.5, 0.6) is 0 Å². The third kappa shape index (κ3) is 16.4. The van der Waals surface area contributed by atoms with Gasteiger partial charge in [0.1, 0.15) is 22.8 Å². The number of amides is 3. The number of nitrogens with two attached hydrogens (primary N) is 1. The number of nitrogens with one attached hydrogen (secondary N) is 2. The fourth-order valence-electron chi connectivity index (χ4n) is 14.5. The topological polar surface area (TPSA) is 251 Å². The van der Waals surface area contributed by atoms with Crippen LogP contribution in [0.15, 0.2) is 60.7 Å². The van der Waals surface area contributed by atoms with Gasteiger partial charge >= 0.3 is 12.2 Å². The summed E-state index contributed by atoms with van der Waals surface area (Å²) >= 11 is 0. The van der Waals surface area contributed by atoms with Crippen LogP contribution in [-0.4, -0.2) is 262 Å². The second kappa shape index (κ2) is 29.2. The Labute approximate surface area is 534 Å². The lowest BCUT2D eigenvalue weighted by atomic mass is 9.72. The van der Waals surface area contributed by atoms with Gasteiger partial charge in [-0.25, -0.2) is 9.59 Å². The number of nitrogens with zero attached hydrogens (tertiary/aromatic N) is 8. The number of piperazine rings is 5. The molecule has 5 aliphatic heterocycles. The average Bonchev–Trinajstić information content (AvgIpc) is 0.988. The van der Waals surface area contributed by atoms with Crippen molar-refractivity contribution in [2.45, 2.75) is 190 Å². The minimum atomic E-state index is -0.946. The summed E-state index contributed by atoms with van der Waals surface area (Å²) in [6.45, 7) is 25.4. The number of ketones is 5. The number of hydrogen-bond donors (Lipinski definition) is 4. The van der Waals surface area contributed by atoms with Crippen molar-refractivity contribution < 1.29 is 52.9 Å². The molecule has 0 radical (unpaired) electrons. The van der Waals surface area contributed by atoms with E-state index in [9.17, 15) is 43.5 Å². The van der Waals surface area contributed by atoms with Crippen LogP contribution in [0.3, 0.4) is 0 Å². The highest BCUT2D eigenvalue weighted by Gasteiger charge is 2.56. The molecule has 12 rings (SSSR count). The van der Waals surface area contributed by atoms with E-state index in [2.05, 4.69) is 85.6 Å². The number of aliphatic hydroxyl groups is 1. The molecule has 10 fully saturated rings. The predicted octanol–water partition coefficient (Wildman–Crippen LogP) is 4.28. The van der Waals surface area contributed by atoms with Gasteiger partial charge in [0.25, 0.3) is 0 Å². The Hall–Kier alpha value is -5.56. The Morgan fingerprint density at radius 2 is 0.944 bits per heavy atom. The molecule has 5 spiro atoms. The van der Waals surface area contributed by atoms with Crippen LogP contribution in [0.1, 0.15) is 137 Å². The maximum absolute atomic E-state index is 12.8. The number of ether oxygens (including phenoxy) is 2. The zero-order chi connectivity index (χ0) is 65.5. The first-order valence-corrected chi connectivity index (χ1v) is 33.0. The number of rotatable bonds is 6. The van der Waals surface area contributed by atoms with E-state index in [4.69, 9.17) is 15.2 Å². The molecule has 7 atom stereocenters. The third-order valence-corrected chi connectivity index (χ3v) is 19.9. The fourth-order valence-corrected chi connectivity index (χ4v) is 14.5. The molecule has 3 amide bonds. The minimum Gasteiger partial charge on any atom is -0.444 e. The van der Waals surface area contributed by atoms with E-state index in [1.807, 2.05) is 72.9 Å². The van der Waals surface area contributed by atoms with Crippen LogP contribution in [0.2, 0.25) is 0 Å². The fraction of sp³-hybridized carbons (Fsp3) is 0.706. The van der Waals surface area contributed by atoms with Crippen molar-refractivity contribution in [3.63, 3.8) is 0 Å². The Morgan fingerprint density at radius 3 is 1.37 bits per heavy atom. The van der Waals surface area contributed by atoms with Gasteiger partial charge in [0, 0.05) is 143 Å². The van der Waals surface area contributed by atoms with Crippen LogP contribution >= 0.6 is 0 Å².